The molecule has 1 unspecified atom stereocenters. The van der Waals surface area contributed by atoms with Gasteiger partial charge in [-0.05, 0) is 57.7 Å². The normalized spacial score (nSPS) is 23.9. The number of nitrogens with zero attached hydrogens (tertiary/aromatic N) is 5. The molecule has 1 atom stereocenters. The quantitative estimate of drug-likeness (QED) is 0.568. The maximum Gasteiger partial charge on any atom is 0.317 e. The Balaban J connectivity index is 1.13. The topological polar surface area (TPSA) is 74.6 Å². The summed E-state index contributed by atoms with van der Waals surface area (Å²) in [6.45, 7) is 13.8. The minimum absolute atomic E-state index is 0.0263. The number of carbonyl (C=O) groups excluding carboxylic acids is 1. The molecule has 0 radical (unpaired) electrons. The third-order valence-electron chi connectivity index (χ3n) is 9.13. The number of rotatable bonds is 7. The molecule has 9 heteroatoms. The van der Waals surface area contributed by atoms with Crippen molar-refractivity contribution in [2.24, 2.45) is 5.92 Å². The first-order valence-corrected chi connectivity index (χ1v) is 15.1. The molecular weight excluding hydrogens is 504 g/mol. The van der Waals surface area contributed by atoms with Gasteiger partial charge in [0, 0.05) is 75.8 Å². The first kappa shape index (κ1) is 27.3. The second kappa shape index (κ2) is 11.5. The highest BCUT2D eigenvalue weighted by atomic mass is 16.5. The highest BCUT2D eigenvalue weighted by Crippen LogP contribution is 2.41. The number of likely N-dealkylation sites (tertiary alicyclic amines) is 1. The van der Waals surface area contributed by atoms with Gasteiger partial charge in [0.2, 0.25) is 0 Å². The van der Waals surface area contributed by atoms with E-state index < -0.39 is 0 Å². The van der Waals surface area contributed by atoms with Crippen molar-refractivity contribution < 1.29 is 14.3 Å². The Bertz CT molecular complexity index is 1250. The lowest BCUT2D eigenvalue weighted by Gasteiger charge is -2.49. The van der Waals surface area contributed by atoms with E-state index in [1.54, 1.807) is 0 Å². The van der Waals surface area contributed by atoms with Crippen LogP contribution in [-0.2, 0) is 9.47 Å². The first-order chi connectivity index (χ1) is 19.5. The average Bonchev–Trinajstić information content (AvgIpc) is 3.38. The fourth-order valence-electron chi connectivity index (χ4n) is 6.75. The van der Waals surface area contributed by atoms with E-state index in [9.17, 15) is 4.79 Å². The summed E-state index contributed by atoms with van der Waals surface area (Å²) in [5.41, 5.74) is 4.63. The number of amides is 2. The zero-order chi connectivity index (χ0) is 27.7. The third-order valence-corrected chi connectivity index (χ3v) is 9.13. The highest BCUT2D eigenvalue weighted by Gasteiger charge is 2.43. The largest absolute Gasteiger partial charge is 0.378 e. The van der Waals surface area contributed by atoms with Crippen LogP contribution in [0.2, 0.25) is 0 Å². The van der Waals surface area contributed by atoms with E-state index in [1.165, 1.54) is 16.8 Å². The number of piperidine rings is 1. The van der Waals surface area contributed by atoms with E-state index in [-0.39, 0.29) is 17.7 Å². The van der Waals surface area contributed by atoms with E-state index in [2.05, 4.69) is 63.7 Å². The number of hydrogen-bond acceptors (Lipinski definition) is 6. The van der Waals surface area contributed by atoms with Gasteiger partial charge in [0.05, 0.1) is 36.1 Å². The van der Waals surface area contributed by atoms with E-state index in [1.807, 2.05) is 29.5 Å². The fourth-order valence-corrected chi connectivity index (χ4v) is 6.75. The third kappa shape index (κ3) is 5.39. The zero-order valence-corrected chi connectivity index (χ0v) is 24.2. The summed E-state index contributed by atoms with van der Waals surface area (Å²) < 4.78 is 13.9. The van der Waals surface area contributed by atoms with Gasteiger partial charge < -0.3 is 24.6 Å². The van der Waals surface area contributed by atoms with Crippen LogP contribution in [0.4, 0.5) is 10.5 Å². The molecule has 0 spiro atoms. The Morgan fingerprint density at radius 2 is 1.95 bits per heavy atom. The molecule has 0 aromatic carbocycles. The van der Waals surface area contributed by atoms with Gasteiger partial charge in [0.1, 0.15) is 0 Å². The Labute approximate surface area is 237 Å². The van der Waals surface area contributed by atoms with Crippen molar-refractivity contribution >= 4 is 22.8 Å². The number of carbonyl (C=O) groups is 1. The number of urea groups is 1. The van der Waals surface area contributed by atoms with Gasteiger partial charge in [-0.1, -0.05) is 18.2 Å². The van der Waals surface area contributed by atoms with E-state index in [4.69, 9.17) is 9.47 Å². The smallest absolute Gasteiger partial charge is 0.317 e. The second-order valence-corrected chi connectivity index (χ2v) is 11.9. The van der Waals surface area contributed by atoms with Crippen molar-refractivity contribution in [1.82, 2.24) is 24.7 Å². The van der Waals surface area contributed by atoms with Crippen LogP contribution in [0.5, 0.6) is 0 Å². The Morgan fingerprint density at radius 3 is 2.58 bits per heavy atom. The second-order valence-electron chi connectivity index (χ2n) is 11.9. The molecule has 1 N–H and O–H groups in total. The molecule has 9 nitrogen and oxygen atoms in total. The molecule has 1 aliphatic carbocycles. The summed E-state index contributed by atoms with van der Waals surface area (Å²) in [7, 11) is 0. The number of fused-ring (bicyclic) bond motifs is 1. The van der Waals surface area contributed by atoms with Gasteiger partial charge >= 0.3 is 6.03 Å². The van der Waals surface area contributed by atoms with Crippen LogP contribution in [0.3, 0.4) is 0 Å². The number of allylic oxidation sites excluding steroid dienone is 3. The van der Waals surface area contributed by atoms with Crippen LogP contribution in [0.25, 0.3) is 11.1 Å². The van der Waals surface area contributed by atoms with E-state index >= 15 is 0 Å². The van der Waals surface area contributed by atoms with Gasteiger partial charge in [-0.25, -0.2) is 9.31 Å². The molecule has 2 aromatic rings. The molecular formula is C31H44N6O3. The monoisotopic (exact) mass is 548 g/mol. The van der Waals surface area contributed by atoms with Crippen molar-refractivity contribution in [3.8, 4) is 0 Å². The van der Waals surface area contributed by atoms with Crippen molar-refractivity contribution in [2.45, 2.75) is 57.7 Å². The Hall–Kier alpha value is -2.88. The zero-order valence-electron chi connectivity index (χ0n) is 24.2. The summed E-state index contributed by atoms with van der Waals surface area (Å²) in [5.74, 6) is 0.394. The van der Waals surface area contributed by atoms with Gasteiger partial charge in [0.25, 0.3) is 0 Å². The molecule has 40 heavy (non-hydrogen) atoms. The number of anilines is 1. The maximum atomic E-state index is 12.4. The average molecular weight is 549 g/mol. The van der Waals surface area contributed by atoms with Gasteiger partial charge in [-0.15, -0.1) is 0 Å². The van der Waals surface area contributed by atoms with Crippen molar-refractivity contribution in [3.63, 3.8) is 0 Å². The van der Waals surface area contributed by atoms with Crippen molar-refractivity contribution in [3.05, 3.63) is 48.3 Å². The number of hydrogen-bond donors (Lipinski definition) is 1. The number of piperazine rings is 1. The van der Waals surface area contributed by atoms with Gasteiger partial charge in [0.15, 0.2) is 0 Å². The predicted octanol–water partition coefficient (Wildman–Crippen LogP) is 3.80. The first-order valence-electron chi connectivity index (χ1n) is 15.1. The molecule has 5 heterocycles. The number of nitrogens with one attached hydrogen (secondary N) is 1. The molecule has 6 rings (SSSR count). The maximum absolute atomic E-state index is 12.4. The van der Waals surface area contributed by atoms with Crippen LogP contribution in [-0.4, -0.2) is 102 Å². The summed E-state index contributed by atoms with van der Waals surface area (Å²) >= 11 is 0. The number of aromatic nitrogens is 2. The Kier molecular flexibility index (Phi) is 7.88. The summed E-state index contributed by atoms with van der Waals surface area (Å²) in [6, 6.07) is 5.13. The number of ether oxygens (including phenoxy) is 2. The summed E-state index contributed by atoms with van der Waals surface area (Å²) in [5, 5.41) is 7.62. The van der Waals surface area contributed by atoms with Crippen LogP contribution >= 0.6 is 0 Å². The lowest BCUT2D eigenvalue weighted by Crippen LogP contribution is -2.57. The molecule has 0 saturated carbocycles. The molecule has 4 aliphatic rings. The molecule has 216 valence electrons. The standard InChI is InChI=1S/C31H44N6O3/c1-4-40-31(10-13-34(14-11-31)27-21-39-22-27)26-7-5-24(6-8-26)25-19-29-28(9-12-32-37(29)20-25)35-15-17-36(18-16-35)30(38)33-23(2)3/h5-7,9,12,19-20,23,26-27H,4,8,10-11,13-18,21-22H2,1-3H3,(H,33,38). The minimum Gasteiger partial charge on any atom is -0.378 e. The fraction of sp³-hybridized carbons (Fsp3) is 0.613. The summed E-state index contributed by atoms with van der Waals surface area (Å²) in [4.78, 5) is 19.3. The van der Waals surface area contributed by atoms with Crippen molar-refractivity contribution in [2.75, 3.05) is 64.0 Å². The highest BCUT2D eigenvalue weighted by molar-refractivity contribution is 5.83. The molecule has 3 aliphatic heterocycles. The molecule has 3 saturated heterocycles. The summed E-state index contributed by atoms with van der Waals surface area (Å²) in [6.07, 6.45) is 14.2. The van der Waals surface area contributed by atoms with Gasteiger partial charge in [-0.3, -0.25) is 4.90 Å². The lowest BCUT2D eigenvalue weighted by atomic mass is 9.75. The van der Waals surface area contributed by atoms with Crippen LogP contribution in [0, 0.1) is 5.92 Å². The van der Waals surface area contributed by atoms with E-state index in [0.29, 0.717) is 25.0 Å². The predicted molar refractivity (Wildman–Crippen MR) is 158 cm³/mol. The SMILES string of the molecule is CCOC1(C2C=CC(c3cc4c(N5CCN(C(=O)NC(C)C)CC5)ccnn4c3)=CC2)CCN(C2COC2)CC1. The van der Waals surface area contributed by atoms with Crippen LogP contribution in [0.1, 0.15) is 45.6 Å². The molecule has 0 bridgehead atoms. The molecule has 3 fully saturated rings. The molecule has 2 amide bonds. The van der Waals surface area contributed by atoms with Crippen LogP contribution < -0.4 is 10.2 Å². The van der Waals surface area contributed by atoms with E-state index in [0.717, 1.165) is 70.8 Å². The lowest BCUT2D eigenvalue weighted by molar-refractivity contribution is -0.134. The molecule has 2 aromatic heterocycles. The van der Waals surface area contributed by atoms with Crippen molar-refractivity contribution in [1.29, 1.82) is 0 Å². The minimum atomic E-state index is -0.0805. The van der Waals surface area contributed by atoms with Gasteiger partial charge in [-0.2, -0.15) is 5.10 Å². The van der Waals surface area contributed by atoms with Crippen LogP contribution in [0.15, 0.2) is 42.8 Å². The Morgan fingerprint density at radius 1 is 1.18 bits per heavy atom.